The van der Waals surface area contributed by atoms with Gasteiger partial charge in [0.1, 0.15) is 5.75 Å². The van der Waals surface area contributed by atoms with Gasteiger partial charge >= 0.3 is 0 Å². The molecule has 2 nitrogen and oxygen atoms in total. The van der Waals surface area contributed by atoms with Gasteiger partial charge in [0.05, 0.1) is 6.61 Å². The van der Waals surface area contributed by atoms with Crippen LogP contribution in [0, 0.1) is 11.8 Å². The van der Waals surface area contributed by atoms with E-state index in [0.29, 0.717) is 11.8 Å². The third kappa shape index (κ3) is 3.49. The van der Waals surface area contributed by atoms with Gasteiger partial charge in [0.15, 0.2) is 0 Å². The summed E-state index contributed by atoms with van der Waals surface area (Å²) in [6.07, 6.45) is 5.25. The first-order valence-corrected chi connectivity index (χ1v) is 7.15. The molecule has 0 saturated heterocycles. The van der Waals surface area contributed by atoms with Gasteiger partial charge in [-0.05, 0) is 42.4 Å². The second kappa shape index (κ2) is 6.24. The van der Waals surface area contributed by atoms with Gasteiger partial charge in [-0.2, -0.15) is 0 Å². The smallest absolute Gasteiger partial charge is 0.119 e. The molecule has 0 spiro atoms. The summed E-state index contributed by atoms with van der Waals surface area (Å²) in [7, 11) is 0. The summed E-state index contributed by atoms with van der Waals surface area (Å²) in [5.41, 5.74) is 7.58. The SMILES string of the molecule is CC(C)COc1ccc(C(N)C2CCCC2)cc1. The number of hydrogen-bond acceptors (Lipinski definition) is 2. The monoisotopic (exact) mass is 247 g/mol. The zero-order chi connectivity index (χ0) is 13.0. The first kappa shape index (κ1) is 13.4. The highest BCUT2D eigenvalue weighted by molar-refractivity contribution is 5.29. The van der Waals surface area contributed by atoms with Crippen LogP contribution in [-0.2, 0) is 0 Å². The molecule has 100 valence electrons. The Kier molecular flexibility index (Phi) is 4.65. The van der Waals surface area contributed by atoms with Crippen molar-refractivity contribution in [3.63, 3.8) is 0 Å². The maximum atomic E-state index is 6.33. The summed E-state index contributed by atoms with van der Waals surface area (Å²) in [5.74, 6) is 2.18. The molecule has 2 heteroatoms. The Balaban J connectivity index is 1.93. The Hall–Kier alpha value is -1.02. The van der Waals surface area contributed by atoms with Gasteiger partial charge in [0.2, 0.25) is 0 Å². The molecule has 0 amide bonds. The predicted octanol–water partition coefficient (Wildman–Crippen LogP) is 3.91. The van der Waals surface area contributed by atoms with Gasteiger partial charge in [0, 0.05) is 6.04 Å². The standard InChI is InChI=1S/C16H25NO/c1-12(2)11-18-15-9-7-14(8-10-15)16(17)13-5-3-4-6-13/h7-10,12-13,16H,3-6,11,17H2,1-2H3. The fourth-order valence-electron chi connectivity index (χ4n) is 2.64. The van der Waals surface area contributed by atoms with Gasteiger partial charge in [0.25, 0.3) is 0 Å². The number of nitrogens with two attached hydrogens (primary N) is 1. The number of rotatable bonds is 5. The highest BCUT2D eigenvalue weighted by Crippen LogP contribution is 2.34. The number of hydrogen-bond donors (Lipinski definition) is 1. The van der Waals surface area contributed by atoms with Gasteiger partial charge in [-0.1, -0.05) is 38.8 Å². The van der Waals surface area contributed by atoms with Crippen LogP contribution < -0.4 is 10.5 Å². The Bertz CT molecular complexity index is 352. The molecule has 1 fully saturated rings. The molecule has 1 aliphatic rings. The second-order valence-electron chi connectivity index (χ2n) is 5.84. The summed E-state index contributed by atoms with van der Waals surface area (Å²) in [5, 5.41) is 0. The van der Waals surface area contributed by atoms with E-state index in [1.807, 2.05) is 12.1 Å². The first-order chi connectivity index (χ1) is 8.66. The Morgan fingerprint density at radius 1 is 1.17 bits per heavy atom. The minimum atomic E-state index is 0.201. The molecule has 1 aromatic carbocycles. The van der Waals surface area contributed by atoms with Crippen molar-refractivity contribution in [3.05, 3.63) is 29.8 Å². The van der Waals surface area contributed by atoms with Gasteiger partial charge in [-0.15, -0.1) is 0 Å². The molecule has 0 bridgehead atoms. The van der Waals surface area contributed by atoms with Gasteiger partial charge < -0.3 is 10.5 Å². The van der Waals surface area contributed by atoms with Crippen LogP contribution in [0.3, 0.4) is 0 Å². The Morgan fingerprint density at radius 2 is 1.78 bits per heavy atom. The van der Waals surface area contributed by atoms with E-state index in [1.54, 1.807) is 0 Å². The van der Waals surface area contributed by atoms with E-state index in [0.717, 1.165) is 12.4 Å². The lowest BCUT2D eigenvalue weighted by molar-refractivity contribution is 0.271. The van der Waals surface area contributed by atoms with Crippen molar-refractivity contribution in [2.45, 2.75) is 45.6 Å². The Morgan fingerprint density at radius 3 is 2.33 bits per heavy atom. The van der Waals surface area contributed by atoms with E-state index in [1.165, 1.54) is 31.2 Å². The average Bonchev–Trinajstić information content (AvgIpc) is 2.90. The number of benzene rings is 1. The molecule has 0 aliphatic heterocycles. The van der Waals surface area contributed by atoms with E-state index < -0.39 is 0 Å². The van der Waals surface area contributed by atoms with E-state index in [9.17, 15) is 0 Å². The predicted molar refractivity (Wildman–Crippen MR) is 75.7 cm³/mol. The number of ether oxygens (including phenoxy) is 1. The van der Waals surface area contributed by atoms with Crippen molar-refractivity contribution in [1.29, 1.82) is 0 Å². The molecule has 1 unspecified atom stereocenters. The second-order valence-corrected chi connectivity index (χ2v) is 5.84. The molecule has 0 aromatic heterocycles. The van der Waals surface area contributed by atoms with Crippen LogP contribution in [0.4, 0.5) is 0 Å². The van der Waals surface area contributed by atoms with Gasteiger partial charge in [-0.3, -0.25) is 0 Å². The molecule has 1 aromatic rings. The topological polar surface area (TPSA) is 35.2 Å². The lowest BCUT2D eigenvalue weighted by atomic mass is 9.92. The van der Waals surface area contributed by atoms with Crippen LogP contribution >= 0.6 is 0 Å². The van der Waals surface area contributed by atoms with E-state index >= 15 is 0 Å². The van der Waals surface area contributed by atoms with E-state index in [2.05, 4.69) is 26.0 Å². The lowest BCUT2D eigenvalue weighted by Gasteiger charge is -2.19. The third-order valence-electron chi connectivity index (χ3n) is 3.76. The van der Waals surface area contributed by atoms with Crippen LogP contribution in [0.15, 0.2) is 24.3 Å². The van der Waals surface area contributed by atoms with Crippen molar-refractivity contribution in [2.75, 3.05) is 6.61 Å². The van der Waals surface area contributed by atoms with Crippen molar-refractivity contribution < 1.29 is 4.74 Å². The van der Waals surface area contributed by atoms with E-state index in [4.69, 9.17) is 10.5 Å². The molecule has 18 heavy (non-hydrogen) atoms. The highest BCUT2D eigenvalue weighted by atomic mass is 16.5. The van der Waals surface area contributed by atoms with Crippen molar-refractivity contribution >= 4 is 0 Å². The molecule has 0 radical (unpaired) electrons. The van der Waals surface area contributed by atoms with Crippen molar-refractivity contribution in [2.24, 2.45) is 17.6 Å². The molecule has 1 atom stereocenters. The quantitative estimate of drug-likeness (QED) is 0.856. The molecular formula is C16H25NO. The first-order valence-electron chi connectivity index (χ1n) is 7.15. The maximum Gasteiger partial charge on any atom is 0.119 e. The molecule has 0 heterocycles. The maximum absolute atomic E-state index is 6.33. The van der Waals surface area contributed by atoms with Crippen LogP contribution in [0.5, 0.6) is 5.75 Å². The zero-order valence-corrected chi connectivity index (χ0v) is 11.6. The van der Waals surface area contributed by atoms with Gasteiger partial charge in [-0.25, -0.2) is 0 Å². The summed E-state index contributed by atoms with van der Waals surface area (Å²) in [6.45, 7) is 5.09. The fraction of sp³-hybridized carbons (Fsp3) is 0.625. The third-order valence-corrected chi connectivity index (χ3v) is 3.76. The minimum Gasteiger partial charge on any atom is -0.493 e. The van der Waals surface area contributed by atoms with Crippen LogP contribution in [0.1, 0.15) is 51.1 Å². The fourth-order valence-corrected chi connectivity index (χ4v) is 2.64. The Labute approximate surface area is 111 Å². The van der Waals surface area contributed by atoms with Crippen molar-refractivity contribution in [3.8, 4) is 5.75 Å². The minimum absolute atomic E-state index is 0.201. The van der Waals surface area contributed by atoms with E-state index in [-0.39, 0.29) is 6.04 Å². The highest BCUT2D eigenvalue weighted by Gasteiger charge is 2.22. The molecular weight excluding hydrogens is 222 g/mol. The lowest BCUT2D eigenvalue weighted by Crippen LogP contribution is -2.18. The van der Waals surface area contributed by atoms with Crippen molar-refractivity contribution in [1.82, 2.24) is 0 Å². The molecule has 1 saturated carbocycles. The summed E-state index contributed by atoms with van der Waals surface area (Å²) >= 11 is 0. The van der Waals surface area contributed by atoms with Crippen LogP contribution in [0.25, 0.3) is 0 Å². The molecule has 2 N–H and O–H groups in total. The molecule has 1 aliphatic carbocycles. The van der Waals surface area contributed by atoms with Crippen LogP contribution in [0.2, 0.25) is 0 Å². The zero-order valence-electron chi connectivity index (χ0n) is 11.6. The summed E-state index contributed by atoms with van der Waals surface area (Å²) in [4.78, 5) is 0. The molecule has 2 rings (SSSR count). The average molecular weight is 247 g/mol. The normalized spacial score (nSPS) is 18.2. The summed E-state index contributed by atoms with van der Waals surface area (Å²) < 4.78 is 5.69. The largest absolute Gasteiger partial charge is 0.493 e. The van der Waals surface area contributed by atoms with Crippen LogP contribution in [-0.4, -0.2) is 6.61 Å². The summed E-state index contributed by atoms with van der Waals surface area (Å²) in [6, 6.07) is 8.54.